The largest absolute Gasteiger partial charge is 0.494 e. The number of nitrogens with one attached hydrogen (secondary N) is 2. The Morgan fingerprint density at radius 1 is 1.11 bits per heavy atom. The summed E-state index contributed by atoms with van der Waals surface area (Å²) in [5.74, 6) is -2.83. The molecular weight excluding hydrogens is 368 g/mol. The summed E-state index contributed by atoms with van der Waals surface area (Å²) < 4.78 is 33.0. The second-order valence-electron chi connectivity index (χ2n) is 5.62. The summed E-state index contributed by atoms with van der Waals surface area (Å²) in [6.07, 6.45) is 1.32. The zero-order chi connectivity index (χ0) is 20.7. The summed E-state index contributed by atoms with van der Waals surface area (Å²) >= 11 is 0. The Morgan fingerprint density at radius 3 is 2.25 bits per heavy atom. The molecule has 2 rings (SSSR count). The van der Waals surface area contributed by atoms with Crippen LogP contribution in [0.15, 0.2) is 42.0 Å². The fourth-order valence-corrected chi connectivity index (χ4v) is 2.26. The Bertz CT molecular complexity index is 964. The van der Waals surface area contributed by atoms with Crippen molar-refractivity contribution in [3.05, 3.63) is 59.2 Å². The molecule has 2 aromatic rings. The summed E-state index contributed by atoms with van der Waals surface area (Å²) in [5.41, 5.74) is -0.385. The van der Waals surface area contributed by atoms with Crippen molar-refractivity contribution in [1.29, 1.82) is 5.26 Å². The third-order valence-corrected chi connectivity index (χ3v) is 3.48. The predicted octanol–water partition coefficient (Wildman–Crippen LogP) is 3.87. The molecule has 0 spiro atoms. The highest BCUT2D eigenvalue weighted by molar-refractivity contribution is 6.10. The first-order valence-electron chi connectivity index (χ1n) is 8.26. The second kappa shape index (κ2) is 9.28. The summed E-state index contributed by atoms with van der Waals surface area (Å²) in [5, 5.41) is 13.6. The van der Waals surface area contributed by atoms with Crippen LogP contribution in [0.25, 0.3) is 6.08 Å². The highest BCUT2D eigenvalue weighted by atomic mass is 19.1. The molecule has 0 saturated heterocycles. The highest BCUT2D eigenvalue weighted by Crippen LogP contribution is 2.24. The number of carbonyl (C=O) groups excluding carboxylic acids is 2. The first-order valence-corrected chi connectivity index (χ1v) is 8.26. The van der Waals surface area contributed by atoms with Gasteiger partial charge in [-0.1, -0.05) is 12.1 Å². The standard InChI is InChI=1S/C20H17F2N3O3/c1-3-28-15-6-4-13(5-7-15)8-14(11-23)20(27)25-19-10-18(24-12(2)26)16(21)9-17(19)22/h4-10H,3H2,1-2H3,(H,24,26)(H,25,27)/b14-8+. The Hall–Kier alpha value is -3.73. The lowest BCUT2D eigenvalue weighted by Crippen LogP contribution is -2.16. The van der Waals surface area contributed by atoms with Crippen molar-refractivity contribution in [2.45, 2.75) is 13.8 Å². The molecule has 2 amide bonds. The molecule has 0 fully saturated rings. The van der Waals surface area contributed by atoms with Gasteiger partial charge in [-0.2, -0.15) is 5.26 Å². The number of halogens is 2. The van der Waals surface area contributed by atoms with Crippen LogP contribution in [0.1, 0.15) is 19.4 Å². The first kappa shape index (κ1) is 20.6. The summed E-state index contributed by atoms with van der Waals surface area (Å²) in [7, 11) is 0. The van der Waals surface area contributed by atoms with Gasteiger partial charge in [0.05, 0.1) is 18.0 Å². The summed E-state index contributed by atoms with van der Waals surface area (Å²) in [4.78, 5) is 23.4. The highest BCUT2D eigenvalue weighted by Gasteiger charge is 2.16. The first-order chi connectivity index (χ1) is 13.3. The lowest BCUT2D eigenvalue weighted by molar-refractivity contribution is -0.114. The minimum Gasteiger partial charge on any atom is -0.494 e. The van der Waals surface area contributed by atoms with E-state index in [1.807, 2.05) is 6.92 Å². The quantitative estimate of drug-likeness (QED) is 0.583. The van der Waals surface area contributed by atoms with E-state index in [4.69, 9.17) is 4.74 Å². The van der Waals surface area contributed by atoms with Gasteiger partial charge in [0.25, 0.3) is 5.91 Å². The molecule has 2 N–H and O–H groups in total. The van der Waals surface area contributed by atoms with Crippen LogP contribution in [-0.4, -0.2) is 18.4 Å². The number of ether oxygens (including phenoxy) is 1. The summed E-state index contributed by atoms with van der Waals surface area (Å²) in [6, 6.07) is 9.89. The molecule has 2 aromatic carbocycles. The molecule has 0 aliphatic heterocycles. The molecule has 0 atom stereocenters. The molecule has 0 aliphatic carbocycles. The Morgan fingerprint density at radius 2 is 1.71 bits per heavy atom. The van der Waals surface area contributed by atoms with Gasteiger partial charge in [0.2, 0.25) is 5.91 Å². The van der Waals surface area contributed by atoms with E-state index in [1.165, 1.54) is 6.08 Å². The smallest absolute Gasteiger partial charge is 0.266 e. The molecule has 0 aliphatic rings. The average molecular weight is 385 g/mol. The maximum Gasteiger partial charge on any atom is 0.266 e. The minimum atomic E-state index is -1.04. The molecule has 0 saturated carbocycles. The van der Waals surface area contributed by atoms with Gasteiger partial charge in [-0.3, -0.25) is 9.59 Å². The van der Waals surface area contributed by atoms with Crippen LogP contribution in [0.5, 0.6) is 5.75 Å². The van der Waals surface area contributed by atoms with Gasteiger partial charge in [-0.25, -0.2) is 8.78 Å². The third kappa shape index (κ3) is 5.38. The maximum atomic E-state index is 14.0. The van der Waals surface area contributed by atoms with Crippen LogP contribution in [0.2, 0.25) is 0 Å². The molecule has 8 heteroatoms. The number of hydrogen-bond donors (Lipinski definition) is 2. The summed E-state index contributed by atoms with van der Waals surface area (Å²) in [6.45, 7) is 3.51. The Kier molecular flexibility index (Phi) is 6.82. The molecule has 0 heterocycles. The van der Waals surface area contributed by atoms with E-state index in [1.54, 1.807) is 30.3 Å². The Balaban J connectivity index is 2.24. The number of hydrogen-bond acceptors (Lipinski definition) is 4. The molecule has 0 radical (unpaired) electrons. The SMILES string of the molecule is CCOc1ccc(/C=C(\C#N)C(=O)Nc2cc(NC(C)=O)c(F)cc2F)cc1. The molecular formula is C20H17F2N3O3. The number of amides is 2. The monoisotopic (exact) mass is 385 g/mol. The van der Waals surface area contributed by atoms with Crippen LogP contribution in [0.3, 0.4) is 0 Å². The zero-order valence-electron chi connectivity index (χ0n) is 15.2. The molecule has 0 aromatic heterocycles. The maximum absolute atomic E-state index is 14.0. The van der Waals surface area contributed by atoms with E-state index in [9.17, 15) is 23.6 Å². The molecule has 6 nitrogen and oxygen atoms in total. The van der Waals surface area contributed by atoms with E-state index in [0.717, 1.165) is 13.0 Å². The van der Waals surface area contributed by atoms with E-state index in [2.05, 4.69) is 10.6 Å². The molecule has 144 valence electrons. The predicted molar refractivity (Wildman–Crippen MR) is 100 cm³/mol. The normalized spacial score (nSPS) is 10.8. The van der Waals surface area contributed by atoms with Crippen molar-refractivity contribution in [3.63, 3.8) is 0 Å². The number of nitriles is 1. The zero-order valence-corrected chi connectivity index (χ0v) is 15.2. The molecule has 0 bridgehead atoms. The number of benzene rings is 2. The van der Waals surface area contributed by atoms with E-state index in [-0.39, 0.29) is 16.9 Å². The van der Waals surface area contributed by atoms with Gasteiger partial charge in [0.1, 0.15) is 29.0 Å². The van der Waals surface area contributed by atoms with Crippen LogP contribution < -0.4 is 15.4 Å². The van der Waals surface area contributed by atoms with Crippen LogP contribution in [-0.2, 0) is 9.59 Å². The minimum absolute atomic E-state index is 0.283. The van der Waals surface area contributed by atoms with Crippen LogP contribution in [0, 0.1) is 23.0 Å². The van der Waals surface area contributed by atoms with Crippen molar-refractivity contribution < 1.29 is 23.1 Å². The number of rotatable bonds is 6. The van der Waals surface area contributed by atoms with Gasteiger partial charge in [0.15, 0.2) is 0 Å². The lowest BCUT2D eigenvalue weighted by atomic mass is 10.1. The topological polar surface area (TPSA) is 91.2 Å². The Labute approximate surface area is 160 Å². The van der Waals surface area contributed by atoms with E-state index < -0.39 is 23.4 Å². The van der Waals surface area contributed by atoms with Gasteiger partial charge < -0.3 is 15.4 Å². The van der Waals surface area contributed by atoms with Gasteiger partial charge in [0, 0.05) is 13.0 Å². The average Bonchev–Trinajstić information content (AvgIpc) is 2.64. The van der Waals surface area contributed by atoms with E-state index in [0.29, 0.717) is 24.0 Å². The van der Waals surface area contributed by atoms with Gasteiger partial charge >= 0.3 is 0 Å². The van der Waals surface area contributed by atoms with Gasteiger partial charge in [-0.15, -0.1) is 0 Å². The fourth-order valence-electron chi connectivity index (χ4n) is 2.26. The van der Waals surface area contributed by atoms with Crippen molar-refractivity contribution in [2.24, 2.45) is 0 Å². The lowest BCUT2D eigenvalue weighted by Gasteiger charge is -2.10. The van der Waals surface area contributed by atoms with Crippen molar-refractivity contribution in [3.8, 4) is 11.8 Å². The van der Waals surface area contributed by atoms with Crippen molar-refractivity contribution in [1.82, 2.24) is 0 Å². The van der Waals surface area contributed by atoms with E-state index >= 15 is 0 Å². The van der Waals surface area contributed by atoms with Crippen LogP contribution in [0.4, 0.5) is 20.2 Å². The second-order valence-corrected chi connectivity index (χ2v) is 5.62. The third-order valence-electron chi connectivity index (χ3n) is 3.48. The number of nitrogens with zero attached hydrogens (tertiary/aromatic N) is 1. The molecule has 28 heavy (non-hydrogen) atoms. The fraction of sp³-hybridized carbons (Fsp3) is 0.150. The van der Waals surface area contributed by atoms with Crippen LogP contribution >= 0.6 is 0 Å². The van der Waals surface area contributed by atoms with Crippen molar-refractivity contribution >= 4 is 29.3 Å². The van der Waals surface area contributed by atoms with Gasteiger partial charge in [-0.05, 0) is 36.8 Å². The number of carbonyl (C=O) groups is 2. The van der Waals surface area contributed by atoms with Crippen molar-refractivity contribution in [2.75, 3.05) is 17.2 Å². The molecule has 0 unspecified atom stereocenters. The number of anilines is 2.